The van der Waals surface area contributed by atoms with E-state index in [2.05, 4.69) is 17.1 Å². The summed E-state index contributed by atoms with van der Waals surface area (Å²) in [6.07, 6.45) is 1.81. The van der Waals surface area contributed by atoms with E-state index in [1.807, 2.05) is 30.5 Å². The zero-order valence-corrected chi connectivity index (χ0v) is 9.85. The van der Waals surface area contributed by atoms with Gasteiger partial charge in [0.25, 0.3) is 0 Å². The molecule has 2 rings (SSSR count). The van der Waals surface area contributed by atoms with Crippen LogP contribution in [0.3, 0.4) is 0 Å². The van der Waals surface area contributed by atoms with Crippen LogP contribution in [0.15, 0.2) is 42.6 Å². The van der Waals surface area contributed by atoms with Gasteiger partial charge in [0.2, 0.25) is 0 Å². The van der Waals surface area contributed by atoms with Gasteiger partial charge < -0.3 is 0 Å². The van der Waals surface area contributed by atoms with E-state index in [9.17, 15) is 0 Å². The average Bonchev–Trinajstić information content (AvgIpc) is 2.19. The Hall–Kier alpha value is -0.167. The van der Waals surface area contributed by atoms with Gasteiger partial charge in [-0.15, -0.1) is 0 Å². The van der Waals surface area contributed by atoms with Crippen LogP contribution in [0.1, 0.15) is 0 Å². The van der Waals surface area contributed by atoms with E-state index in [4.69, 9.17) is 19.4 Å². The number of fused-ring (bicyclic) bond motifs is 1. The predicted octanol–water partition coefficient (Wildman–Crippen LogP) is 3.61. The Bertz CT molecular complexity index is 302. The first kappa shape index (κ1) is 10.9. The third kappa shape index (κ3) is 3.60. The molecule has 1 nitrogen and oxygen atoms in total. The molecule has 2 aromatic rings. The van der Waals surface area contributed by atoms with E-state index in [0.29, 0.717) is 0 Å². The maximum atomic E-state index is 4.85. The topological polar surface area (TPSA) is 12.9 Å². The summed E-state index contributed by atoms with van der Waals surface area (Å²) in [5.41, 5.74) is 1.06. The number of aromatic nitrogens is 1. The molecule has 4 heteroatoms. The molecule has 0 aliphatic rings. The molecule has 0 atom stereocenters. The van der Waals surface area contributed by atoms with Crippen molar-refractivity contribution >= 4 is 30.3 Å². The predicted molar refractivity (Wildman–Crippen MR) is 53.4 cm³/mol. The van der Waals surface area contributed by atoms with Crippen molar-refractivity contribution in [3.05, 3.63) is 42.6 Å². The zero-order valence-electron chi connectivity index (χ0n) is 6.60. The van der Waals surface area contributed by atoms with Crippen molar-refractivity contribution in [2.45, 2.75) is 0 Å². The Morgan fingerprint density at radius 3 is 2.31 bits per heavy atom. The van der Waals surface area contributed by atoms with Crippen LogP contribution < -0.4 is 0 Å². The van der Waals surface area contributed by atoms with Gasteiger partial charge in [-0.05, 0) is 12.1 Å². The second-order valence-electron chi connectivity index (χ2n) is 2.25. The Balaban J connectivity index is 0.000000251. The number of benzene rings is 1. The Kier molecular flexibility index (Phi) is 5.30. The minimum atomic E-state index is -0.346. The Morgan fingerprint density at radius 1 is 1.00 bits per heavy atom. The van der Waals surface area contributed by atoms with Gasteiger partial charge in [0.15, 0.2) is 0 Å². The zero-order chi connectivity index (χ0) is 9.52. The van der Waals surface area contributed by atoms with E-state index in [-0.39, 0.29) is 15.1 Å². The van der Waals surface area contributed by atoms with Crippen LogP contribution in [0.4, 0.5) is 0 Å². The van der Waals surface area contributed by atoms with Gasteiger partial charge in [-0.25, -0.2) is 0 Å². The standard InChI is InChI=1S/C9H7N.2ClH.Ru/c1-2-6-9-8(4-1)5-3-7-10-9;;;/h1-7H;2*1H;/q;;;+2/p-2. The van der Waals surface area contributed by atoms with Crippen LogP contribution in [-0.2, 0) is 15.1 Å². The molecule has 0 N–H and O–H groups in total. The molecule has 0 fully saturated rings. The van der Waals surface area contributed by atoms with Crippen LogP contribution in [-0.4, -0.2) is 4.98 Å². The summed E-state index contributed by atoms with van der Waals surface area (Å²) in [7, 11) is 9.71. The molecular weight excluding hydrogens is 294 g/mol. The molecule has 0 amide bonds. The van der Waals surface area contributed by atoms with Crippen molar-refractivity contribution in [2.24, 2.45) is 0 Å². The summed E-state index contributed by atoms with van der Waals surface area (Å²) >= 11 is -0.346. The SMILES string of the molecule is [Cl][Ru][Cl].c1ccc2ncccc2c1. The van der Waals surface area contributed by atoms with Crippen molar-refractivity contribution in [1.29, 1.82) is 0 Å². The number of hydrogen-bond donors (Lipinski definition) is 0. The fourth-order valence-electron chi connectivity index (χ4n) is 1.02. The number of hydrogen-bond acceptors (Lipinski definition) is 1. The molecule has 0 saturated heterocycles. The van der Waals surface area contributed by atoms with Crippen LogP contribution >= 0.6 is 19.4 Å². The fourth-order valence-corrected chi connectivity index (χ4v) is 1.02. The summed E-state index contributed by atoms with van der Waals surface area (Å²) < 4.78 is 0. The summed E-state index contributed by atoms with van der Waals surface area (Å²) in [6, 6.07) is 12.1. The van der Waals surface area contributed by atoms with Gasteiger partial charge in [-0.1, -0.05) is 24.3 Å². The number of rotatable bonds is 0. The number of nitrogens with zero attached hydrogens (tertiary/aromatic N) is 1. The third-order valence-electron chi connectivity index (χ3n) is 1.51. The minimum Gasteiger partial charge on any atom is -0.256 e. The van der Waals surface area contributed by atoms with Crippen molar-refractivity contribution in [3.8, 4) is 0 Å². The smallest absolute Gasteiger partial charge is 0.0701 e. The van der Waals surface area contributed by atoms with Crippen molar-refractivity contribution in [3.63, 3.8) is 0 Å². The van der Waals surface area contributed by atoms with Crippen molar-refractivity contribution in [2.75, 3.05) is 0 Å². The van der Waals surface area contributed by atoms with Gasteiger partial charge in [0, 0.05) is 11.6 Å². The average molecular weight is 301 g/mol. The van der Waals surface area contributed by atoms with Gasteiger partial charge in [0.1, 0.15) is 0 Å². The number of para-hydroxylation sites is 1. The van der Waals surface area contributed by atoms with Gasteiger partial charge in [0.05, 0.1) is 5.52 Å². The maximum Gasteiger partial charge on any atom is 0.0701 e. The third-order valence-corrected chi connectivity index (χ3v) is 1.51. The first-order valence-corrected chi connectivity index (χ1v) is 8.01. The molecule has 0 bridgehead atoms. The summed E-state index contributed by atoms with van der Waals surface area (Å²) in [5, 5.41) is 1.20. The van der Waals surface area contributed by atoms with Crippen LogP contribution in [0, 0.1) is 0 Å². The van der Waals surface area contributed by atoms with Crippen molar-refractivity contribution < 1.29 is 15.1 Å². The van der Waals surface area contributed by atoms with Crippen LogP contribution in [0.25, 0.3) is 10.9 Å². The molecule has 0 aliphatic carbocycles. The van der Waals surface area contributed by atoms with Crippen LogP contribution in [0.5, 0.6) is 0 Å². The second-order valence-corrected chi connectivity index (χ2v) is 4.89. The molecule has 1 aromatic heterocycles. The number of halogens is 2. The normalized spacial score (nSPS) is 9.38. The molecule has 0 unspecified atom stereocenters. The van der Waals surface area contributed by atoms with Gasteiger partial charge >= 0.3 is 34.5 Å². The molecule has 13 heavy (non-hydrogen) atoms. The molecule has 0 saturated carbocycles. The summed E-state index contributed by atoms with van der Waals surface area (Å²) in [5.74, 6) is 0. The van der Waals surface area contributed by atoms with Crippen LogP contribution in [0.2, 0.25) is 0 Å². The number of pyridine rings is 1. The molecule has 0 spiro atoms. The van der Waals surface area contributed by atoms with Gasteiger partial charge in [-0.3, -0.25) is 4.98 Å². The fraction of sp³-hybridized carbons (Fsp3) is 0. The molecule has 0 aliphatic heterocycles. The first-order valence-electron chi connectivity index (χ1n) is 3.53. The summed E-state index contributed by atoms with van der Waals surface area (Å²) in [6.45, 7) is 0. The molecule has 70 valence electrons. The van der Waals surface area contributed by atoms with E-state index in [1.165, 1.54) is 5.39 Å². The minimum absolute atomic E-state index is 0.346. The quantitative estimate of drug-likeness (QED) is 0.677. The summed E-state index contributed by atoms with van der Waals surface area (Å²) in [4.78, 5) is 4.18. The Morgan fingerprint density at radius 2 is 1.62 bits per heavy atom. The van der Waals surface area contributed by atoms with Crippen molar-refractivity contribution in [1.82, 2.24) is 4.98 Å². The van der Waals surface area contributed by atoms with E-state index in [0.717, 1.165) is 5.52 Å². The van der Waals surface area contributed by atoms with Gasteiger partial charge in [-0.2, -0.15) is 0 Å². The monoisotopic (exact) mass is 301 g/mol. The van der Waals surface area contributed by atoms with E-state index < -0.39 is 0 Å². The molecule has 1 heterocycles. The largest absolute Gasteiger partial charge is 0.256 e. The first-order chi connectivity index (χ1) is 6.38. The maximum absolute atomic E-state index is 4.85. The molecular formula is C9H7Cl2NRu. The van der Waals surface area contributed by atoms with E-state index in [1.54, 1.807) is 0 Å². The second kappa shape index (κ2) is 6.31. The molecule has 0 radical (unpaired) electrons. The Labute approximate surface area is 92.8 Å². The molecule has 1 aromatic carbocycles. The van der Waals surface area contributed by atoms with E-state index >= 15 is 0 Å².